The number of hydrogen-bond acceptors (Lipinski definition) is 3. The van der Waals surface area contributed by atoms with Crippen LogP contribution in [0.15, 0.2) is 56.4 Å². The number of hydrogen-bond donors (Lipinski definition) is 0. The molecule has 3 atom stereocenters. The first kappa shape index (κ1) is 22.8. The van der Waals surface area contributed by atoms with Crippen molar-refractivity contribution in [2.75, 3.05) is 7.11 Å². The Balaban J connectivity index is 1.64. The fourth-order valence-electron chi connectivity index (χ4n) is 4.39. The molecule has 4 rings (SSSR count). The SMILES string of the molecule is COC1(Br)C=CC(C2C=C(c3ccc(S(=O)(=O)C(F)F)cc3)CC23CC3)C(Br)=C1Br. The van der Waals surface area contributed by atoms with E-state index in [0.717, 1.165) is 39.4 Å². The van der Waals surface area contributed by atoms with Gasteiger partial charge in [0.1, 0.15) is 0 Å². The monoisotopic (exact) mass is 626 g/mol. The summed E-state index contributed by atoms with van der Waals surface area (Å²) in [5.41, 5.74) is 2.19. The lowest BCUT2D eigenvalue weighted by Gasteiger charge is -2.34. The predicted octanol–water partition coefficient (Wildman–Crippen LogP) is 6.79. The van der Waals surface area contributed by atoms with Crippen molar-refractivity contribution >= 4 is 63.2 Å². The van der Waals surface area contributed by atoms with Crippen LogP contribution in [0.2, 0.25) is 0 Å². The van der Waals surface area contributed by atoms with Crippen LogP contribution in [0.1, 0.15) is 24.8 Å². The number of halogens is 5. The summed E-state index contributed by atoms with van der Waals surface area (Å²) in [5, 5.41) is 0. The molecule has 0 saturated heterocycles. The topological polar surface area (TPSA) is 43.4 Å². The van der Waals surface area contributed by atoms with E-state index in [9.17, 15) is 17.2 Å². The second kappa shape index (κ2) is 7.90. The second-order valence-corrected chi connectivity index (χ2v) is 12.7. The summed E-state index contributed by atoms with van der Waals surface area (Å²) in [6.07, 6.45) is 9.55. The lowest BCUT2D eigenvalue weighted by atomic mass is 9.79. The van der Waals surface area contributed by atoms with Gasteiger partial charge in [-0.1, -0.05) is 56.1 Å². The molecular weight excluding hydrogens is 610 g/mol. The summed E-state index contributed by atoms with van der Waals surface area (Å²) in [5.74, 6) is -2.98. The van der Waals surface area contributed by atoms with Crippen LogP contribution in [0.3, 0.4) is 0 Å². The van der Waals surface area contributed by atoms with E-state index in [2.05, 4.69) is 59.9 Å². The molecule has 3 aliphatic carbocycles. The van der Waals surface area contributed by atoms with Gasteiger partial charge in [-0.15, -0.1) is 0 Å². The molecule has 0 amide bonds. The van der Waals surface area contributed by atoms with Crippen LogP contribution in [0.5, 0.6) is 0 Å². The maximum atomic E-state index is 12.8. The van der Waals surface area contributed by atoms with E-state index in [4.69, 9.17) is 4.74 Å². The Morgan fingerprint density at radius 3 is 2.33 bits per heavy atom. The number of methoxy groups -OCH3 is 1. The largest absolute Gasteiger partial charge is 0.358 e. The molecule has 3 aliphatic rings. The van der Waals surface area contributed by atoms with E-state index in [0.29, 0.717) is 0 Å². The molecule has 3 nitrogen and oxygen atoms in total. The van der Waals surface area contributed by atoms with Gasteiger partial charge in [-0.05, 0) is 75.9 Å². The molecular formula is C21H19Br3F2O3S. The smallest absolute Gasteiger partial charge is 0.341 e. The van der Waals surface area contributed by atoms with Crippen molar-refractivity contribution in [3.8, 4) is 0 Å². The van der Waals surface area contributed by atoms with E-state index < -0.39 is 20.1 Å². The van der Waals surface area contributed by atoms with Crippen molar-refractivity contribution in [1.29, 1.82) is 0 Å². The molecule has 162 valence electrons. The van der Waals surface area contributed by atoms with Crippen LogP contribution in [-0.4, -0.2) is 25.8 Å². The summed E-state index contributed by atoms with van der Waals surface area (Å²) in [6.45, 7) is 0. The first-order valence-electron chi connectivity index (χ1n) is 9.36. The molecule has 1 aromatic carbocycles. The molecule has 0 bridgehead atoms. The van der Waals surface area contributed by atoms with Gasteiger partial charge in [-0.2, -0.15) is 8.78 Å². The highest BCUT2D eigenvalue weighted by atomic mass is 79.9. The molecule has 0 N–H and O–H groups in total. The molecule has 0 aromatic heterocycles. The van der Waals surface area contributed by atoms with E-state index in [-0.39, 0.29) is 22.1 Å². The van der Waals surface area contributed by atoms with Gasteiger partial charge in [0.25, 0.3) is 0 Å². The Hall–Kier alpha value is -0.350. The fraction of sp³-hybridized carbons (Fsp3) is 0.429. The third kappa shape index (κ3) is 3.72. The number of ether oxygens (including phenoxy) is 1. The number of alkyl halides is 3. The minimum absolute atomic E-state index is 0.152. The van der Waals surface area contributed by atoms with E-state index >= 15 is 0 Å². The Morgan fingerprint density at radius 2 is 1.80 bits per heavy atom. The molecule has 1 spiro atoms. The summed E-state index contributed by atoms with van der Waals surface area (Å²) >= 11 is 11.0. The van der Waals surface area contributed by atoms with Gasteiger partial charge < -0.3 is 4.74 Å². The first-order valence-corrected chi connectivity index (χ1v) is 13.3. The summed E-state index contributed by atoms with van der Waals surface area (Å²) in [4.78, 5) is -0.351. The van der Waals surface area contributed by atoms with Gasteiger partial charge in [-0.25, -0.2) is 8.42 Å². The molecule has 1 aromatic rings. The zero-order valence-electron chi connectivity index (χ0n) is 15.9. The number of allylic oxidation sites excluding steroid dienone is 4. The highest BCUT2D eigenvalue weighted by Crippen LogP contribution is 2.66. The molecule has 0 radical (unpaired) electrons. The van der Waals surface area contributed by atoms with Crippen molar-refractivity contribution in [3.63, 3.8) is 0 Å². The Labute approximate surface area is 199 Å². The maximum Gasteiger partial charge on any atom is 0.341 e. The average molecular weight is 629 g/mol. The normalized spacial score (nSPS) is 30.3. The van der Waals surface area contributed by atoms with Gasteiger partial charge in [0, 0.05) is 17.5 Å². The highest BCUT2D eigenvalue weighted by Gasteiger charge is 2.55. The molecule has 0 heterocycles. The quantitative estimate of drug-likeness (QED) is 0.266. The lowest BCUT2D eigenvalue weighted by molar-refractivity contribution is 0.150. The summed E-state index contributed by atoms with van der Waals surface area (Å²) in [6, 6.07) is 5.81. The van der Waals surface area contributed by atoms with Gasteiger partial charge in [-0.3, -0.25) is 0 Å². The summed E-state index contributed by atoms with van der Waals surface area (Å²) in [7, 11) is -2.94. The van der Waals surface area contributed by atoms with Gasteiger partial charge in [0.2, 0.25) is 9.84 Å². The Kier molecular flexibility index (Phi) is 6.01. The Bertz CT molecular complexity index is 1060. The van der Waals surface area contributed by atoms with Crippen LogP contribution in [0.25, 0.3) is 5.57 Å². The maximum absolute atomic E-state index is 12.8. The zero-order valence-corrected chi connectivity index (χ0v) is 21.5. The van der Waals surface area contributed by atoms with Gasteiger partial charge in [0.05, 0.1) is 9.38 Å². The van der Waals surface area contributed by atoms with E-state index in [1.165, 1.54) is 12.1 Å². The molecule has 9 heteroatoms. The van der Waals surface area contributed by atoms with Crippen LogP contribution in [-0.2, 0) is 14.6 Å². The van der Waals surface area contributed by atoms with E-state index in [1.54, 1.807) is 19.2 Å². The van der Waals surface area contributed by atoms with Crippen molar-refractivity contribution in [1.82, 2.24) is 0 Å². The average Bonchev–Trinajstić information content (AvgIpc) is 3.40. The van der Waals surface area contributed by atoms with Crippen LogP contribution >= 0.6 is 47.8 Å². The molecule has 1 fully saturated rings. The van der Waals surface area contributed by atoms with Gasteiger partial charge >= 0.3 is 5.76 Å². The zero-order chi connectivity index (χ0) is 21.9. The third-order valence-corrected chi connectivity index (χ3v) is 11.7. The number of benzene rings is 1. The van der Waals surface area contributed by atoms with Crippen LogP contribution in [0, 0.1) is 17.3 Å². The number of rotatable bonds is 5. The van der Waals surface area contributed by atoms with Crippen molar-refractivity contribution in [3.05, 3.63) is 57.0 Å². The minimum Gasteiger partial charge on any atom is -0.358 e. The standard InChI is InChI=1S/C21H19Br3F2O3S/c1-29-21(24)7-6-15(17(22)18(21)23)16-10-13(11-20(16)8-9-20)12-2-4-14(5-3-12)30(27,28)19(25)26/h2-7,10,15-16,19H,8-9,11H2,1H3. The molecule has 3 unspecified atom stereocenters. The number of sulfone groups is 1. The molecule has 30 heavy (non-hydrogen) atoms. The fourth-order valence-corrected chi connectivity index (χ4v) is 7.04. The minimum atomic E-state index is -4.58. The van der Waals surface area contributed by atoms with E-state index in [1.807, 2.05) is 6.08 Å². The highest BCUT2D eigenvalue weighted by molar-refractivity contribution is 9.15. The van der Waals surface area contributed by atoms with Gasteiger partial charge in [0.15, 0.2) is 4.51 Å². The second-order valence-electron chi connectivity index (χ2n) is 7.98. The van der Waals surface area contributed by atoms with Crippen molar-refractivity contribution in [2.45, 2.75) is 34.4 Å². The van der Waals surface area contributed by atoms with Crippen molar-refractivity contribution < 1.29 is 21.9 Å². The van der Waals surface area contributed by atoms with Crippen molar-refractivity contribution in [2.24, 2.45) is 17.3 Å². The van der Waals surface area contributed by atoms with Crippen LogP contribution in [0.4, 0.5) is 8.78 Å². The Morgan fingerprint density at radius 1 is 1.17 bits per heavy atom. The first-order chi connectivity index (χ1) is 14.0. The molecule has 1 saturated carbocycles. The molecule has 0 aliphatic heterocycles. The lowest BCUT2D eigenvalue weighted by Crippen LogP contribution is -2.29. The third-order valence-electron chi connectivity index (χ3n) is 6.31. The van der Waals surface area contributed by atoms with Crippen LogP contribution < -0.4 is 0 Å². The summed E-state index contributed by atoms with van der Waals surface area (Å²) < 4.78 is 55.7. The predicted molar refractivity (Wildman–Crippen MR) is 124 cm³/mol.